The number of aromatic nitrogens is 2. The molecule has 0 saturated carbocycles. The van der Waals surface area contributed by atoms with E-state index in [2.05, 4.69) is 52.5 Å². The number of halogens is 2. The minimum Gasteiger partial charge on any atom is -0.495 e. The second-order valence-corrected chi connectivity index (χ2v) is 5.75. The molecule has 2 aromatic rings. The van der Waals surface area contributed by atoms with Gasteiger partial charge in [-0.25, -0.2) is 9.97 Å². The number of hydrogen-bond acceptors (Lipinski definition) is 5. The van der Waals surface area contributed by atoms with E-state index in [4.69, 9.17) is 4.74 Å². The lowest BCUT2D eigenvalue weighted by molar-refractivity contribution is 0.412. The summed E-state index contributed by atoms with van der Waals surface area (Å²) in [5, 5.41) is 6.31. The SMILES string of the molecule is CNc1ncnc(Nc2cc(OC)c(Br)cc2Br)c1C. The molecule has 0 unspecified atom stereocenters. The van der Waals surface area contributed by atoms with Crippen molar-refractivity contribution in [2.24, 2.45) is 0 Å². The number of rotatable bonds is 4. The summed E-state index contributed by atoms with van der Waals surface area (Å²) in [6, 6.07) is 3.82. The molecule has 0 aliphatic rings. The normalized spacial score (nSPS) is 10.2. The predicted molar refractivity (Wildman–Crippen MR) is 88.0 cm³/mol. The van der Waals surface area contributed by atoms with Crippen molar-refractivity contribution in [2.75, 3.05) is 24.8 Å². The van der Waals surface area contributed by atoms with E-state index < -0.39 is 0 Å². The monoisotopic (exact) mass is 400 g/mol. The maximum absolute atomic E-state index is 5.30. The Kier molecular flexibility index (Phi) is 4.82. The minimum atomic E-state index is 0.745. The largest absolute Gasteiger partial charge is 0.495 e. The van der Waals surface area contributed by atoms with E-state index in [1.165, 1.54) is 6.33 Å². The number of hydrogen-bond donors (Lipinski definition) is 2. The Morgan fingerprint density at radius 2 is 1.80 bits per heavy atom. The van der Waals surface area contributed by atoms with Gasteiger partial charge in [-0.05, 0) is 44.8 Å². The van der Waals surface area contributed by atoms with Crippen LogP contribution >= 0.6 is 31.9 Å². The van der Waals surface area contributed by atoms with Gasteiger partial charge in [0.25, 0.3) is 0 Å². The fraction of sp³-hybridized carbons (Fsp3) is 0.231. The molecule has 2 N–H and O–H groups in total. The van der Waals surface area contributed by atoms with Crippen LogP contribution in [0.2, 0.25) is 0 Å². The Balaban J connectivity index is 2.40. The van der Waals surface area contributed by atoms with Gasteiger partial charge < -0.3 is 15.4 Å². The van der Waals surface area contributed by atoms with E-state index in [1.807, 2.05) is 26.1 Å². The molecule has 0 aliphatic heterocycles. The van der Waals surface area contributed by atoms with Crippen LogP contribution < -0.4 is 15.4 Å². The Morgan fingerprint density at radius 1 is 1.10 bits per heavy atom. The molecule has 0 saturated heterocycles. The summed E-state index contributed by atoms with van der Waals surface area (Å²) >= 11 is 6.97. The molecule has 0 radical (unpaired) electrons. The second kappa shape index (κ2) is 6.41. The van der Waals surface area contributed by atoms with Crippen molar-refractivity contribution in [3.8, 4) is 5.75 Å². The highest BCUT2D eigenvalue weighted by Gasteiger charge is 2.11. The van der Waals surface area contributed by atoms with Crippen molar-refractivity contribution in [3.05, 3.63) is 33.0 Å². The van der Waals surface area contributed by atoms with Gasteiger partial charge in [0.2, 0.25) is 0 Å². The number of methoxy groups -OCH3 is 1. The van der Waals surface area contributed by atoms with E-state index >= 15 is 0 Å². The summed E-state index contributed by atoms with van der Waals surface area (Å²) < 4.78 is 7.09. The molecule has 1 aromatic carbocycles. The number of nitrogens with zero attached hydrogens (tertiary/aromatic N) is 2. The molecular formula is C13H14Br2N4O. The minimum absolute atomic E-state index is 0.745. The number of anilines is 3. The van der Waals surface area contributed by atoms with Crippen LogP contribution in [0.5, 0.6) is 5.75 Å². The third-order valence-electron chi connectivity index (χ3n) is 2.82. The van der Waals surface area contributed by atoms with Gasteiger partial charge >= 0.3 is 0 Å². The first-order valence-electron chi connectivity index (χ1n) is 5.86. The van der Waals surface area contributed by atoms with Crippen LogP contribution in [0.15, 0.2) is 27.4 Å². The van der Waals surface area contributed by atoms with E-state index in [0.717, 1.165) is 37.6 Å². The van der Waals surface area contributed by atoms with Gasteiger partial charge in [0, 0.05) is 23.2 Å². The Hall–Kier alpha value is -1.34. The van der Waals surface area contributed by atoms with Crippen LogP contribution in [0.3, 0.4) is 0 Å². The fourth-order valence-corrected chi connectivity index (χ4v) is 2.99. The predicted octanol–water partition coefficient (Wildman–Crippen LogP) is 4.10. The van der Waals surface area contributed by atoms with Crippen molar-refractivity contribution in [3.63, 3.8) is 0 Å². The van der Waals surface area contributed by atoms with Crippen LogP contribution in [-0.2, 0) is 0 Å². The van der Waals surface area contributed by atoms with Gasteiger partial charge in [0.05, 0.1) is 17.3 Å². The van der Waals surface area contributed by atoms with Gasteiger partial charge in [-0.15, -0.1) is 0 Å². The molecular weight excluding hydrogens is 388 g/mol. The van der Waals surface area contributed by atoms with Crippen molar-refractivity contribution < 1.29 is 4.74 Å². The molecule has 0 spiro atoms. The molecule has 5 nitrogen and oxygen atoms in total. The second-order valence-electron chi connectivity index (χ2n) is 4.04. The molecule has 1 aromatic heterocycles. The molecule has 106 valence electrons. The summed E-state index contributed by atoms with van der Waals surface area (Å²) in [5.74, 6) is 2.29. The Labute approximate surface area is 134 Å². The summed E-state index contributed by atoms with van der Waals surface area (Å²) in [6.07, 6.45) is 1.52. The van der Waals surface area contributed by atoms with Crippen LogP contribution in [-0.4, -0.2) is 24.1 Å². The van der Waals surface area contributed by atoms with Gasteiger partial charge in [-0.3, -0.25) is 0 Å². The van der Waals surface area contributed by atoms with Crippen molar-refractivity contribution in [1.29, 1.82) is 0 Å². The Bertz CT molecular complexity index is 634. The van der Waals surface area contributed by atoms with Crippen LogP contribution in [0.4, 0.5) is 17.3 Å². The molecule has 0 fully saturated rings. The lowest BCUT2D eigenvalue weighted by Gasteiger charge is -2.14. The summed E-state index contributed by atoms with van der Waals surface area (Å²) in [7, 11) is 3.46. The first-order valence-corrected chi connectivity index (χ1v) is 7.44. The first-order chi connectivity index (χ1) is 9.56. The van der Waals surface area contributed by atoms with E-state index in [1.54, 1.807) is 7.11 Å². The van der Waals surface area contributed by atoms with Crippen LogP contribution in [0.1, 0.15) is 5.56 Å². The molecule has 0 aliphatic carbocycles. The zero-order valence-corrected chi connectivity index (χ0v) is 14.5. The van der Waals surface area contributed by atoms with Crippen LogP contribution in [0.25, 0.3) is 0 Å². The first kappa shape index (κ1) is 15.1. The standard InChI is InChI=1S/C13H14Br2N4O/c1-7-12(16-2)17-6-18-13(7)19-10-5-11(20-3)9(15)4-8(10)14/h4-6H,1-3H3,(H2,16,17,18,19). The zero-order valence-electron chi connectivity index (χ0n) is 11.3. The quantitative estimate of drug-likeness (QED) is 0.807. The lowest BCUT2D eigenvalue weighted by Crippen LogP contribution is -2.03. The van der Waals surface area contributed by atoms with Crippen molar-refractivity contribution in [2.45, 2.75) is 6.92 Å². The Morgan fingerprint density at radius 3 is 2.45 bits per heavy atom. The molecule has 0 bridgehead atoms. The average Bonchev–Trinajstić information content (AvgIpc) is 2.43. The maximum Gasteiger partial charge on any atom is 0.138 e. The third kappa shape index (κ3) is 3.04. The van der Waals surface area contributed by atoms with E-state index in [9.17, 15) is 0 Å². The van der Waals surface area contributed by atoms with Gasteiger partial charge in [0.1, 0.15) is 23.7 Å². The third-order valence-corrected chi connectivity index (χ3v) is 4.09. The highest BCUT2D eigenvalue weighted by molar-refractivity contribution is 9.11. The molecule has 20 heavy (non-hydrogen) atoms. The molecule has 0 amide bonds. The molecule has 0 atom stereocenters. The lowest BCUT2D eigenvalue weighted by atomic mass is 10.2. The van der Waals surface area contributed by atoms with E-state index in [-0.39, 0.29) is 0 Å². The zero-order chi connectivity index (χ0) is 14.7. The van der Waals surface area contributed by atoms with Gasteiger partial charge in [-0.1, -0.05) is 0 Å². The molecule has 1 heterocycles. The molecule has 7 heteroatoms. The van der Waals surface area contributed by atoms with Crippen molar-refractivity contribution in [1.82, 2.24) is 9.97 Å². The molecule has 2 rings (SSSR count). The highest BCUT2D eigenvalue weighted by Crippen LogP contribution is 2.36. The van der Waals surface area contributed by atoms with Crippen molar-refractivity contribution >= 4 is 49.2 Å². The number of benzene rings is 1. The summed E-state index contributed by atoms with van der Waals surface area (Å²) in [5.41, 5.74) is 1.82. The summed E-state index contributed by atoms with van der Waals surface area (Å²) in [4.78, 5) is 8.43. The topological polar surface area (TPSA) is 59.1 Å². The van der Waals surface area contributed by atoms with E-state index in [0.29, 0.717) is 0 Å². The smallest absolute Gasteiger partial charge is 0.138 e. The number of nitrogens with one attached hydrogen (secondary N) is 2. The number of ether oxygens (including phenoxy) is 1. The van der Waals surface area contributed by atoms with Crippen LogP contribution in [0, 0.1) is 6.92 Å². The maximum atomic E-state index is 5.30. The van der Waals surface area contributed by atoms with Gasteiger partial charge in [0.15, 0.2) is 0 Å². The van der Waals surface area contributed by atoms with Gasteiger partial charge in [-0.2, -0.15) is 0 Å². The fourth-order valence-electron chi connectivity index (χ4n) is 1.74. The summed E-state index contributed by atoms with van der Waals surface area (Å²) in [6.45, 7) is 1.96. The highest BCUT2D eigenvalue weighted by atomic mass is 79.9. The average molecular weight is 402 g/mol.